The van der Waals surface area contributed by atoms with E-state index < -0.39 is 10.6 Å². The van der Waals surface area contributed by atoms with E-state index in [4.69, 9.17) is 4.74 Å². The van der Waals surface area contributed by atoms with Gasteiger partial charge < -0.3 is 15.0 Å². The molecule has 0 radical (unpaired) electrons. The number of hydrogen-bond donors (Lipinski definition) is 3. The zero-order chi connectivity index (χ0) is 38.0. The van der Waals surface area contributed by atoms with Crippen molar-refractivity contribution in [1.82, 2.24) is 15.1 Å². The van der Waals surface area contributed by atoms with Crippen LogP contribution >= 0.6 is 10.6 Å². The number of carbonyl (C=O) groups excluding carboxylic acids is 1. The molecule has 0 unspecified atom stereocenters. The van der Waals surface area contributed by atoms with Crippen molar-refractivity contribution in [3.05, 3.63) is 47.5 Å². The monoisotopic (exact) mass is 752 g/mol. The number of carbonyl (C=O) groups is 1. The second kappa shape index (κ2) is 14.5. The lowest BCUT2D eigenvalue weighted by Crippen LogP contribution is -2.69. The molecule has 7 nitrogen and oxygen atoms in total. The summed E-state index contributed by atoms with van der Waals surface area (Å²) >= 11 is 0. The van der Waals surface area contributed by atoms with Gasteiger partial charge in [0, 0.05) is 31.7 Å². The second-order valence-corrected chi connectivity index (χ2v) is 22.6. The summed E-state index contributed by atoms with van der Waals surface area (Å²) in [6.07, 6.45) is 13.2. The molecule has 0 bridgehead atoms. The van der Waals surface area contributed by atoms with Crippen molar-refractivity contribution in [3.63, 3.8) is 0 Å². The van der Waals surface area contributed by atoms with E-state index in [0.717, 1.165) is 70.0 Å². The first-order chi connectivity index (χ1) is 25.0. The Kier molecular flexibility index (Phi) is 10.9. The van der Waals surface area contributed by atoms with Crippen LogP contribution in [0.15, 0.2) is 36.4 Å². The number of hydrogen-bond acceptors (Lipinski definition) is 7. The predicted molar refractivity (Wildman–Crippen MR) is 219 cm³/mol. The largest absolute Gasteiger partial charge is 0.465 e. The SMILES string of the molecule is C=C(C)[C@@H]1CC[C@]2(CNCCCN3CCS(O)(O)CC3)CC[C@]3(C)[C@H](CC[C@@H]4[C@@]5(C)CCN(Cc6ccc(C(=O)OC)cc6)C(C)(C)[C@@H]5CC[C@]43C)[C@@H]12. The Balaban J connectivity index is 1.05. The first kappa shape index (κ1) is 39.8. The highest BCUT2D eigenvalue weighted by atomic mass is 32.3. The molecule has 1 aromatic carbocycles. The second-order valence-electron chi connectivity index (χ2n) is 20.1. The topological polar surface area (TPSA) is 85.3 Å². The van der Waals surface area contributed by atoms with Crippen molar-refractivity contribution in [3.8, 4) is 0 Å². The van der Waals surface area contributed by atoms with Crippen LogP contribution in [0.25, 0.3) is 0 Å². The Morgan fingerprint density at radius 2 is 1.62 bits per heavy atom. The third-order valence-electron chi connectivity index (χ3n) is 17.6. The highest BCUT2D eigenvalue weighted by molar-refractivity contribution is 8.24. The zero-order valence-corrected chi connectivity index (χ0v) is 35.2. The maximum atomic E-state index is 12.1. The van der Waals surface area contributed by atoms with Crippen LogP contribution in [0.1, 0.15) is 122 Å². The summed E-state index contributed by atoms with van der Waals surface area (Å²) in [7, 11) is -0.878. The number of allylic oxidation sites excluding steroid dienone is 1. The van der Waals surface area contributed by atoms with E-state index in [0.29, 0.717) is 50.6 Å². The fourth-order valence-electron chi connectivity index (χ4n) is 14.5. The van der Waals surface area contributed by atoms with E-state index in [1.165, 1.54) is 76.0 Å². The molecule has 6 fully saturated rings. The summed E-state index contributed by atoms with van der Waals surface area (Å²) in [6, 6.07) is 8.07. The van der Waals surface area contributed by atoms with Crippen LogP contribution in [-0.2, 0) is 11.3 Å². The van der Waals surface area contributed by atoms with Gasteiger partial charge in [0.15, 0.2) is 0 Å². The molecule has 9 atom stereocenters. The molecule has 2 aliphatic heterocycles. The minimum Gasteiger partial charge on any atom is -0.465 e. The number of likely N-dealkylation sites (tertiary alicyclic amines) is 1. The van der Waals surface area contributed by atoms with Crippen molar-refractivity contribution in [2.24, 2.45) is 51.2 Å². The van der Waals surface area contributed by atoms with Gasteiger partial charge >= 0.3 is 5.97 Å². The number of nitrogens with zero attached hydrogens (tertiary/aromatic N) is 2. The maximum Gasteiger partial charge on any atom is 0.337 e. The molecule has 1 aromatic rings. The molecule has 8 heteroatoms. The Morgan fingerprint density at radius 1 is 0.906 bits per heavy atom. The lowest BCUT2D eigenvalue weighted by atomic mass is 9.33. The summed E-state index contributed by atoms with van der Waals surface area (Å²) in [6.45, 7) is 27.2. The van der Waals surface area contributed by atoms with Crippen LogP contribution in [-0.4, -0.2) is 88.3 Å². The highest BCUT2D eigenvalue weighted by Crippen LogP contribution is 2.76. The number of esters is 1. The number of benzene rings is 1. The molecular formula is C45H73N3O4S. The quantitative estimate of drug-likeness (QED) is 0.125. The number of nitrogens with one attached hydrogen (secondary N) is 1. The Bertz CT molecular complexity index is 1510. The molecule has 4 aliphatic carbocycles. The summed E-state index contributed by atoms with van der Waals surface area (Å²) in [5, 5.41) is 4.02. The van der Waals surface area contributed by atoms with Crippen molar-refractivity contribution in [2.45, 2.75) is 118 Å². The zero-order valence-electron chi connectivity index (χ0n) is 34.4. The van der Waals surface area contributed by atoms with Gasteiger partial charge in [0.25, 0.3) is 0 Å². The van der Waals surface area contributed by atoms with E-state index in [2.05, 4.69) is 75.4 Å². The van der Waals surface area contributed by atoms with Gasteiger partial charge in [0.05, 0.1) is 24.2 Å². The average Bonchev–Trinajstić information content (AvgIpc) is 3.50. The Hall–Kier alpha value is -1.42. The van der Waals surface area contributed by atoms with Crippen molar-refractivity contribution >= 4 is 16.6 Å². The Labute approximate surface area is 323 Å². The van der Waals surface area contributed by atoms with Gasteiger partial charge in [0.2, 0.25) is 0 Å². The molecule has 0 aromatic heterocycles. The van der Waals surface area contributed by atoms with Crippen LogP contribution in [0.2, 0.25) is 0 Å². The fraction of sp³-hybridized carbons (Fsp3) is 0.800. The van der Waals surface area contributed by atoms with Gasteiger partial charge in [-0.25, -0.2) is 4.79 Å². The van der Waals surface area contributed by atoms with Gasteiger partial charge in [-0.15, -0.1) is 0 Å². The number of ether oxygens (including phenoxy) is 1. The molecule has 2 saturated heterocycles. The van der Waals surface area contributed by atoms with Crippen molar-refractivity contribution in [1.29, 1.82) is 0 Å². The lowest BCUT2D eigenvalue weighted by Gasteiger charge is -2.73. The number of rotatable bonds is 10. The van der Waals surface area contributed by atoms with Crippen LogP contribution in [0.3, 0.4) is 0 Å². The van der Waals surface area contributed by atoms with Gasteiger partial charge in [-0.2, -0.15) is 10.6 Å². The van der Waals surface area contributed by atoms with E-state index in [1.54, 1.807) is 0 Å². The van der Waals surface area contributed by atoms with Crippen LogP contribution in [0.5, 0.6) is 0 Å². The molecule has 0 amide bonds. The number of methoxy groups -OCH3 is 1. The third-order valence-corrected chi connectivity index (χ3v) is 19.3. The third kappa shape index (κ3) is 6.79. The van der Waals surface area contributed by atoms with Gasteiger partial charge in [-0.05, 0) is 174 Å². The molecular weight excluding hydrogens is 679 g/mol. The average molecular weight is 752 g/mol. The van der Waals surface area contributed by atoms with E-state index >= 15 is 0 Å². The van der Waals surface area contributed by atoms with Gasteiger partial charge in [0.1, 0.15) is 0 Å². The minimum absolute atomic E-state index is 0.105. The number of fused-ring (bicyclic) bond motifs is 7. The van der Waals surface area contributed by atoms with E-state index in [-0.39, 0.29) is 11.5 Å². The predicted octanol–water partition coefficient (Wildman–Crippen LogP) is 9.34. The number of piperidine rings is 1. The molecule has 0 spiro atoms. The summed E-state index contributed by atoms with van der Waals surface area (Å²) in [5.41, 5.74) is 4.84. The Morgan fingerprint density at radius 3 is 2.30 bits per heavy atom. The lowest BCUT2D eigenvalue weighted by molar-refractivity contribution is -0.242. The maximum absolute atomic E-state index is 12.1. The van der Waals surface area contributed by atoms with Crippen LogP contribution in [0, 0.1) is 51.2 Å². The summed E-state index contributed by atoms with van der Waals surface area (Å²) < 4.78 is 25.0. The van der Waals surface area contributed by atoms with Crippen molar-refractivity contribution in [2.75, 3.05) is 57.9 Å². The minimum atomic E-state index is -2.32. The molecule has 2 heterocycles. The van der Waals surface area contributed by atoms with Crippen LogP contribution in [0.4, 0.5) is 0 Å². The standard InChI is InChI=1S/C45H73N3O4S/c1-32(2)35-16-19-45(31-46-23-9-24-47-26-28-53(50,51)29-27-47)21-20-43(6)36(39(35)45)14-15-38-42(5)22-25-48(41(3,4)37(42)17-18-44(38,43)7)30-33-10-12-34(13-11-33)40(49)52-8/h10-13,35-39,46,50-51H,1,9,14-31H2,2-8H3/t35-,36+,37-,38+,39+,42-,43+,44+,45+/m0/s1. The van der Waals surface area contributed by atoms with E-state index in [1.807, 2.05) is 12.1 Å². The van der Waals surface area contributed by atoms with Gasteiger partial charge in [-0.3, -0.25) is 14.0 Å². The van der Waals surface area contributed by atoms with E-state index in [9.17, 15) is 13.9 Å². The van der Waals surface area contributed by atoms with Crippen LogP contribution < -0.4 is 5.32 Å². The highest BCUT2D eigenvalue weighted by Gasteiger charge is 2.70. The summed E-state index contributed by atoms with van der Waals surface area (Å²) in [5.74, 6) is 4.36. The summed E-state index contributed by atoms with van der Waals surface area (Å²) in [4.78, 5) is 17.2. The fourth-order valence-corrected chi connectivity index (χ4v) is 15.8. The normalized spacial score (nSPS) is 41.3. The molecule has 298 valence electrons. The molecule has 4 saturated carbocycles. The first-order valence-corrected chi connectivity index (χ1v) is 23.1. The molecule has 53 heavy (non-hydrogen) atoms. The molecule has 3 N–H and O–H groups in total. The molecule has 6 aliphatic rings. The smallest absolute Gasteiger partial charge is 0.337 e. The first-order valence-electron chi connectivity index (χ1n) is 21.2. The van der Waals surface area contributed by atoms with Gasteiger partial charge in [-0.1, -0.05) is 45.1 Å². The molecule has 7 rings (SSSR count). The van der Waals surface area contributed by atoms with Crippen molar-refractivity contribution < 1.29 is 18.6 Å².